The van der Waals surface area contributed by atoms with Gasteiger partial charge in [-0.15, -0.1) is 5.10 Å². The van der Waals surface area contributed by atoms with Crippen LogP contribution in [0.3, 0.4) is 0 Å². The van der Waals surface area contributed by atoms with Gasteiger partial charge in [-0.1, -0.05) is 22.8 Å². The molecule has 140 valence electrons. The van der Waals surface area contributed by atoms with Crippen LogP contribution < -0.4 is 5.32 Å². The smallest absolute Gasteiger partial charge is 0.322 e. The molecule has 3 aromatic rings. The summed E-state index contributed by atoms with van der Waals surface area (Å²) in [5.74, 6) is -1.31. The quantitative estimate of drug-likeness (QED) is 0.650. The number of aromatic nitrogens is 2. The molecule has 0 atom stereocenters. The van der Waals surface area contributed by atoms with Crippen molar-refractivity contribution in [3.05, 3.63) is 59.9 Å². The van der Waals surface area contributed by atoms with Crippen molar-refractivity contribution in [3.63, 3.8) is 0 Å². The van der Waals surface area contributed by atoms with E-state index in [1.807, 2.05) is 31.2 Å². The van der Waals surface area contributed by atoms with Crippen molar-refractivity contribution in [2.75, 3.05) is 11.1 Å². The zero-order valence-corrected chi connectivity index (χ0v) is 15.2. The molecule has 9 heteroatoms. The molecule has 1 aromatic heterocycles. The third-order valence-electron chi connectivity index (χ3n) is 3.74. The van der Waals surface area contributed by atoms with Crippen molar-refractivity contribution >= 4 is 21.8 Å². The third-order valence-corrected chi connectivity index (χ3v) is 5.47. The summed E-state index contributed by atoms with van der Waals surface area (Å²) in [6, 6.07) is 11.7. The molecule has 0 saturated carbocycles. The summed E-state index contributed by atoms with van der Waals surface area (Å²) < 4.78 is 42.6. The summed E-state index contributed by atoms with van der Waals surface area (Å²) in [5.41, 5.74) is 1.78. The lowest BCUT2D eigenvalue weighted by Crippen LogP contribution is -2.17. The second-order valence-electron chi connectivity index (χ2n) is 5.85. The Labute approximate surface area is 155 Å². The molecule has 1 N–H and O–H groups in total. The lowest BCUT2D eigenvalue weighted by atomic mass is 10.1. The van der Waals surface area contributed by atoms with E-state index in [1.54, 1.807) is 0 Å². The normalized spacial score (nSPS) is 11.3. The predicted molar refractivity (Wildman–Crippen MR) is 96.2 cm³/mol. The number of nitrogens with zero attached hydrogens (tertiary/aromatic N) is 2. The Morgan fingerprint density at radius 2 is 1.74 bits per heavy atom. The van der Waals surface area contributed by atoms with Crippen LogP contribution in [0.25, 0.3) is 11.5 Å². The van der Waals surface area contributed by atoms with E-state index in [2.05, 4.69) is 15.5 Å². The summed E-state index contributed by atoms with van der Waals surface area (Å²) in [4.78, 5) is 11.9. The van der Waals surface area contributed by atoms with Gasteiger partial charge in [-0.2, -0.15) is 0 Å². The number of carbonyl (C=O) groups is 1. The van der Waals surface area contributed by atoms with E-state index in [1.165, 1.54) is 0 Å². The minimum atomic E-state index is -3.70. The molecule has 7 nitrogen and oxygen atoms in total. The van der Waals surface area contributed by atoms with Crippen molar-refractivity contribution in [1.82, 2.24) is 10.2 Å². The average Bonchev–Trinajstić information content (AvgIpc) is 3.09. The van der Waals surface area contributed by atoms with Gasteiger partial charge in [0.2, 0.25) is 11.8 Å². The van der Waals surface area contributed by atoms with Crippen LogP contribution in [0, 0.1) is 12.7 Å². The molecule has 0 spiro atoms. The summed E-state index contributed by atoms with van der Waals surface area (Å²) in [6.45, 7) is 1.95. The number of benzene rings is 2. The molecule has 0 aliphatic carbocycles. The molecule has 3 rings (SSSR count). The molecule has 0 bridgehead atoms. The molecule has 1 heterocycles. The number of amides is 1. The van der Waals surface area contributed by atoms with E-state index in [-0.39, 0.29) is 23.2 Å². The van der Waals surface area contributed by atoms with Crippen LogP contribution in [-0.4, -0.2) is 30.3 Å². The number of anilines is 1. The number of aryl methyl sites for hydroxylation is 1. The first-order chi connectivity index (χ1) is 12.8. The van der Waals surface area contributed by atoms with Crippen molar-refractivity contribution in [3.8, 4) is 11.5 Å². The molecule has 0 aliphatic rings. The fourth-order valence-corrected chi connectivity index (χ4v) is 3.50. The van der Waals surface area contributed by atoms with Crippen LogP contribution in [0.2, 0.25) is 0 Å². The maximum Gasteiger partial charge on any atom is 0.322 e. The highest BCUT2D eigenvalue weighted by Gasteiger charge is 2.18. The fourth-order valence-electron chi connectivity index (χ4n) is 2.26. The minimum Gasteiger partial charge on any atom is -0.403 e. The first-order valence-corrected chi connectivity index (χ1v) is 9.67. The molecule has 2 aromatic carbocycles. The summed E-state index contributed by atoms with van der Waals surface area (Å²) in [5, 5.41) is 9.95. The Morgan fingerprint density at radius 1 is 1.07 bits per heavy atom. The highest BCUT2D eigenvalue weighted by atomic mass is 32.2. The lowest BCUT2D eigenvalue weighted by Gasteiger charge is -2.04. The predicted octanol–water partition coefficient (Wildman–Crippen LogP) is 2.99. The van der Waals surface area contributed by atoms with Crippen molar-refractivity contribution < 1.29 is 22.0 Å². The Morgan fingerprint density at radius 3 is 2.41 bits per heavy atom. The molecule has 0 aliphatic heterocycles. The van der Waals surface area contributed by atoms with E-state index < -0.39 is 27.3 Å². The zero-order valence-electron chi connectivity index (χ0n) is 14.3. The van der Waals surface area contributed by atoms with Gasteiger partial charge in [-0.3, -0.25) is 10.1 Å². The van der Waals surface area contributed by atoms with Crippen LogP contribution >= 0.6 is 0 Å². The topological polar surface area (TPSA) is 102 Å². The van der Waals surface area contributed by atoms with Crippen LogP contribution in [-0.2, 0) is 14.6 Å². The minimum absolute atomic E-state index is 0.0452. The number of halogens is 1. The van der Waals surface area contributed by atoms with Crippen LogP contribution in [0.5, 0.6) is 0 Å². The van der Waals surface area contributed by atoms with Crippen LogP contribution in [0.1, 0.15) is 12.0 Å². The number of hydrogen-bond acceptors (Lipinski definition) is 6. The summed E-state index contributed by atoms with van der Waals surface area (Å²) in [6.07, 6.45) is -0.304. The molecule has 0 unspecified atom stereocenters. The molecule has 0 saturated heterocycles. The van der Waals surface area contributed by atoms with Gasteiger partial charge < -0.3 is 4.42 Å². The van der Waals surface area contributed by atoms with E-state index in [0.29, 0.717) is 5.56 Å². The Balaban J connectivity index is 1.59. The molecule has 0 radical (unpaired) electrons. The number of nitrogens with one attached hydrogen (secondary N) is 1. The molecule has 27 heavy (non-hydrogen) atoms. The number of sulfone groups is 1. The zero-order chi connectivity index (χ0) is 19.4. The van der Waals surface area contributed by atoms with E-state index in [4.69, 9.17) is 4.42 Å². The largest absolute Gasteiger partial charge is 0.403 e. The first kappa shape index (κ1) is 18.7. The number of carbonyl (C=O) groups excluding carboxylic acids is 1. The highest BCUT2D eigenvalue weighted by Crippen LogP contribution is 2.20. The SMILES string of the molecule is Cc1ccc(-c2nnc(NC(=O)CCS(=O)(=O)c3ccc(F)cc3)o2)cc1. The standard InChI is InChI=1S/C18H16FN3O4S/c1-12-2-4-13(5-3-12)17-21-22-18(26-17)20-16(23)10-11-27(24,25)15-8-6-14(19)7-9-15/h2-9H,10-11H2,1H3,(H,20,22,23). The van der Waals surface area contributed by atoms with Crippen molar-refractivity contribution in [2.24, 2.45) is 0 Å². The Hall–Kier alpha value is -3.07. The fraction of sp³-hybridized carbons (Fsp3) is 0.167. The van der Waals surface area contributed by atoms with Crippen molar-refractivity contribution in [2.45, 2.75) is 18.2 Å². The summed E-state index contributed by atoms with van der Waals surface area (Å²) in [7, 11) is -3.70. The van der Waals surface area contributed by atoms with Gasteiger partial charge in [0.15, 0.2) is 9.84 Å². The summed E-state index contributed by atoms with van der Waals surface area (Å²) >= 11 is 0. The van der Waals surface area contributed by atoms with Gasteiger partial charge in [0.05, 0.1) is 10.6 Å². The maximum absolute atomic E-state index is 12.9. The second kappa shape index (κ2) is 7.67. The monoisotopic (exact) mass is 389 g/mol. The lowest BCUT2D eigenvalue weighted by molar-refractivity contribution is -0.115. The average molecular weight is 389 g/mol. The molecular weight excluding hydrogens is 373 g/mol. The second-order valence-corrected chi connectivity index (χ2v) is 7.96. The van der Waals surface area contributed by atoms with E-state index >= 15 is 0 Å². The Bertz CT molecular complexity index is 1040. The number of rotatable bonds is 6. The van der Waals surface area contributed by atoms with Gasteiger partial charge in [-0.05, 0) is 43.3 Å². The van der Waals surface area contributed by atoms with Gasteiger partial charge in [0.1, 0.15) is 5.82 Å². The molecule has 1 amide bonds. The van der Waals surface area contributed by atoms with E-state index in [0.717, 1.165) is 29.8 Å². The van der Waals surface area contributed by atoms with Crippen LogP contribution in [0.4, 0.5) is 10.4 Å². The van der Waals surface area contributed by atoms with Gasteiger partial charge in [0.25, 0.3) is 0 Å². The van der Waals surface area contributed by atoms with E-state index in [9.17, 15) is 17.6 Å². The third kappa shape index (κ3) is 4.76. The number of hydrogen-bond donors (Lipinski definition) is 1. The van der Waals surface area contributed by atoms with Gasteiger partial charge in [-0.25, -0.2) is 12.8 Å². The van der Waals surface area contributed by atoms with Gasteiger partial charge >= 0.3 is 6.01 Å². The molecule has 0 fully saturated rings. The van der Waals surface area contributed by atoms with Crippen molar-refractivity contribution in [1.29, 1.82) is 0 Å². The molecular formula is C18H16FN3O4S. The van der Waals surface area contributed by atoms with Crippen LogP contribution in [0.15, 0.2) is 57.8 Å². The van der Waals surface area contributed by atoms with Gasteiger partial charge in [0, 0.05) is 12.0 Å². The first-order valence-electron chi connectivity index (χ1n) is 8.02. The highest BCUT2D eigenvalue weighted by molar-refractivity contribution is 7.91. The Kier molecular flexibility index (Phi) is 5.31. The maximum atomic E-state index is 12.9.